The number of aliphatic hydroxyl groups excluding tert-OH is 3. The van der Waals surface area contributed by atoms with E-state index in [4.69, 9.17) is 19.9 Å². The minimum absolute atomic E-state index is 0.517. The largest absolute Gasteiger partial charge is 0.395 e. The minimum Gasteiger partial charge on any atom is -0.395 e. The Morgan fingerprint density at radius 3 is 1.86 bits per heavy atom. The first kappa shape index (κ1) is 13.8. The van der Waals surface area contributed by atoms with Gasteiger partial charge in [-0.1, -0.05) is 0 Å². The van der Waals surface area contributed by atoms with Crippen LogP contribution in [0.2, 0.25) is 0 Å². The zero-order valence-corrected chi connectivity index (χ0v) is 8.55. The number of hydrogen-bond acceptors (Lipinski definition) is 6. The lowest BCUT2D eigenvalue weighted by Crippen LogP contribution is -2.49. The van der Waals surface area contributed by atoms with Crippen molar-refractivity contribution in [1.29, 1.82) is 0 Å². The van der Waals surface area contributed by atoms with E-state index >= 15 is 0 Å². The van der Waals surface area contributed by atoms with Crippen LogP contribution in [0.1, 0.15) is 6.92 Å². The van der Waals surface area contributed by atoms with Crippen LogP contribution < -0.4 is 0 Å². The van der Waals surface area contributed by atoms with Crippen LogP contribution in [-0.4, -0.2) is 64.6 Å². The lowest BCUT2D eigenvalue weighted by Gasteiger charge is -2.30. The summed E-state index contributed by atoms with van der Waals surface area (Å²) in [5.41, 5.74) is 0. The average molecular weight is 229 g/mol. The van der Waals surface area contributed by atoms with Gasteiger partial charge in [-0.25, -0.2) is 0 Å². The molecule has 0 bridgehead atoms. The zero-order chi connectivity index (χ0) is 11.4. The first-order valence-electron chi connectivity index (χ1n) is 3.93. The van der Waals surface area contributed by atoms with Crippen LogP contribution in [-0.2, 0) is 10.1 Å². The first-order valence-corrected chi connectivity index (χ1v) is 5.43. The molecule has 8 heteroatoms. The monoisotopic (exact) mass is 229 g/mol. The fraction of sp³-hybridized carbons (Fsp3) is 1.00. The van der Waals surface area contributed by atoms with Crippen molar-refractivity contribution in [3.05, 3.63) is 0 Å². The summed E-state index contributed by atoms with van der Waals surface area (Å²) in [5.74, 6) is 0. The van der Waals surface area contributed by atoms with Gasteiger partial charge in [0, 0.05) is 0 Å². The summed E-state index contributed by atoms with van der Waals surface area (Å²) < 4.78 is 30.1. The fourth-order valence-corrected chi connectivity index (χ4v) is 1.55. The Balaban J connectivity index is 4.71. The molecule has 0 heterocycles. The highest BCUT2D eigenvalue weighted by atomic mass is 32.2. The van der Waals surface area contributed by atoms with Crippen LogP contribution in [0.25, 0.3) is 0 Å². The summed E-state index contributed by atoms with van der Waals surface area (Å²) in [6, 6.07) is -0.920. The molecule has 0 aliphatic heterocycles. The van der Waals surface area contributed by atoms with Gasteiger partial charge in [-0.2, -0.15) is 8.42 Å². The van der Waals surface area contributed by atoms with Crippen LogP contribution >= 0.6 is 0 Å². The van der Waals surface area contributed by atoms with Gasteiger partial charge in [0.25, 0.3) is 10.1 Å². The topological polar surface area (TPSA) is 118 Å². The first-order chi connectivity index (χ1) is 6.38. The van der Waals surface area contributed by atoms with Crippen LogP contribution in [0.5, 0.6) is 0 Å². The van der Waals surface area contributed by atoms with Gasteiger partial charge in [-0.3, -0.25) is 9.45 Å². The number of hydrogen-bond donors (Lipinski definition) is 4. The van der Waals surface area contributed by atoms with E-state index in [1.54, 1.807) is 0 Å². The molecule has 1 atom stereocenters. The van der Waals surface area contributed by atoms with Gasteiger partial charge in [0.05, 0.1) is 26.0 Å². The molecule has 0 spiro atoms. The van der Waals surface area contributed by atoms with Crippen molar-refractivity contribution in [3.8, 4) is 0 Å². The quantitative estimate of drug-likeness (QED) is 0.302. The van der Waals surface area contributed by atoms with Gasteiger partial charge in [-0.05, 0) is 6.92 Å². The Bertz CT molecular complexity index is 249. The second-order valence-electron chi connectivity index (χ2n) is 2.79. The molecule has 7 nitrogen and oxygen atoms in total. The Morgan fingerprint density at radius 1 is 1.21 bits per heavy atom. The Hall–Kier alpha value is -0.250. The molecule has 0 aromatic heterocycles. The summed E-state index contributed by atoms with van der Waals surface area (Å²) >= 11 is 0. The maximum atomic E-state index is 10.7. The Labute approximate surface area is 82.3 Å². The van der Waals surface area contributed by atoms with Gasteiger partial charge in [0.2, 0.25) is 0 Å². The lowest BCUT2D eigenvalue weighted by atomic mass is 10.3. The average Bonchev–Trinajstić information content (AvgIpc) is 2.11. The van der Waals surface area contributed by atoms with E-state index in [-0.39, 0.29) is 0 Å². The maximum absolute atomic E-state index is 10.7. The summed E-state index contributed by atoms with van der Waals surface area (Å²) in [7, 11) is -4.34. The molecule has 0 aliphatic carbocycles. The van der Waals surface area contributed by atoms with E-state index in [1.165, 1.54) is 0 Å². The van der Waals surface area contributed by atoms with Crippen LogP contribution in [0.3, 0.4) is 0 Å². The van der Waals surface area contributed by atoms with E-state index in [1.807, 2.05) is 0 Å². The highest BCUT2D eigenvalue weighted by Crippen LogP contribution is 2.09. The molecular formula is C6H15NO6S. The molecule has 0 saturated heterocycles. The van der Waals surface area contributed by atoms with Crippen LogP contribution in [0.15, 0.2) is 0 Å². The van der Waals surface area contributed by atoms with Crippen LogP contribution in [0.4, 0.5) is 0 Å². The number of aliphatic hydroxyl groups is 3. The predicted molar refractivity (Wildman–Crippen MR) is 47.9 cm³/mol. The van der Waals surface area contributed by atoms with Gasteiger partial charge >= 0.3 is 0 Å². The maximum Gasteiger partial charge on any atom is 0.281 e. The molecule has 86 valence electrons. The van der Waals surface area contributed by atoms with E-state index < -0.39 is 41.5 Å². The molecule has 4 N–H and O–H groups in total. The highest BCUT2D eigenvalue weighted by Gasteiger charge is 2.29. The fourth-order valence-electron chi connectivity index (χ4n) is 0.966. The van der Waals surface area contributed by atoms with E-state index in [2.05, 4.69) is 0 Å². The third-order valence-corrected chi connectivity index (χ3v) is 3.08. The lowest BCUT2D eigenvalue weighted by molar-refractivity contribution is 0.00613. The second-order valence-corrected chi connectivity index (χ2v) is 4.50. The van der Waals surface area contributed by atoms with Crippen molar-refractivity contribution in [2.45, 2.75) is 18.3 Å². The Kier molecular flexibility index (Phi) is 5.49. The number of nitrogens with zero attached hydrogens (tertiary/aromatic N) is 1. The molecular weight excluding hydrogens is 214 g/mol. The van der Waals surface area contributed by atoms with E-state index in [9.17, 15) is 8.42 Å². The van der Waals surface area contributed by atoms with Gasteiger partial charge < -0.3 is 15.3 Å². The summed E-state index contributed by atoms with van der Waals surface area (Å²) in [4.78, 5) is 0.870. The molecule has 0 rings (SSSR count). The van der Waals surface area contributed by atoms with E-state index in [0.29, 0.717) is 0 Å². The molecule has 0 fully saturated rings. The third-order valence-electron chi connectivity index (χ3n) is 1.95. The molecule has 0 radical (unpaired) electrons. The molecule has 0 aromatic rings. The van der Waals surface area contributed by atoms with Crippen molar-refractivity contribution >= 4 is 10.1 Å². The minimum atomic E-state index is -4.34. The van der Waals surface area contributed by atoms with Crippen molar-refractivity contribution in [3.63, 3.8) is 0 Å². The summed E-state index contributed by atoms with van der Waals surface area (Å²) in [6.45, 7) is -0.579. The van der Waals surface area contributed by atoms with Crippen molar-refractivity contribution in [2.75, 3.05) is 19.9 Å². The van der Waals surface area contributed by atoms with Crippen molar-refractivity contribution in [1.82, 2.24) is 4.90 Å². The SMILES string of the molecule is CC(N(CO)C(CO)CO)S(=O)(=O)O. The van der Waals surface area contributed by atoms with Gasteiger partial charge in [-0.15, -0.1) is 0 Å². The molecule has 0 amide bonds. The summed E-state index contributed by atoms with van der Waals surface area (Å²) in [5, 5.41) is 24.9. The predicted octanol–water partition coefficient (Wildman–Crippen LogP) is -2.17. The van der Waals surface area contributed by atoms with Crippen molar-refractivity contribution in [2.24, 2.45) is 0 Å². The van der Waals surface area contributed by atoms with E-state index in [0.717, 1.165) is 11.8 Å². The van der Waals surface area contributed by atoms with Crippen LogP contribution in [0, 0.1) is 0 Å². The molecule has 0 saturated carbocycles. The molecule has 1 unspecified atom stereocenters. The van der Waals surface area contributed by atoms with Crippen molar-refractivity contribution < 1.29 is 28.3 Å². The molecule has 14 heavy (non-hydrogen) atoms. The normalized spacial score (nSPS) is 15.1. The highest BCUT2D eigenvalue weighted by molar-refractivity contribution is 7.86. The third kappa shape index (κ3) is 3.48. The Morgan fingerprint density at radius 2 is 1.64 bits per heavy atom. The van der Waals surface area contributed by atoms with Gasteiger partial charge in [0.1, 0.15) is 5.37 Å². The standard InChI is InChI=1S/C6H15NO6S/c1-5(14(11,12)13)7(4-10)6(2-8)3-9/h5-6,8-10H,2-4H2,1H3,(H,11,12,13). The molecule has 0 aromatic carbocycles. The zero-order valence-electron chi connectivity index (χ0n) is 7.74. The smallest absolute Gasteiger partial charge is 0.281 e. The molecule has 0 aliphatic rings. The second kappa shape index (κ2) is 5.59. The number of rotatable bonds is 6. The van der Waals surface area contributed by atoms with Gasteiger partial charge in [0.15, 0.2) is 0 Å². The summed E-state index contributed by atoms with van der Waals surface area (Å²) in [6.07, 6.45) is 0.